The van der Waals surface area contributed by atoms with Crippen LogP contribution in [0.25, 0.3) is 0 Å². The minimum absolute atomic E-state index is 0.214. The second-order valence-electron chi connectivity index (χ2n) is 4.25. The Kier molecular flexibility index (Phi) is 5.17. The van der Waals surface area contributed by atoms with Crippen molar-refractivity contribution in [2.45, 2.75) is 31.1 Å². The molecule has 0 radical (unpaired) electrons. The quantitative estimate of drug-likeness (QED) is 0.748. The van der Waals surface area contributed by atoms with E-state index in [1.807, 2.05) is 0 Å². The summed E-state index contributed by atoms with van der Waals surface area (Å²) in [6.07, 6.45) is 1.80. The van der Waals surface area contributed by atoms with Crippen LogP contribution in [0.5, 0.6) is 0 Å². The number of hydrogen-bond donors (Lipinski definition) is 1. The third kappa shape index (κ3) is 3.16. The van der Waals surface area contributed by atoms with E-state index in [1.54, 1.807) is 25.4 Å². The van der Waals surface area contributed by atoms with Gasteiger partial charge in [0.1, 0.15) is 0 Å². The standard InChI is InChI=1S/C10H22N2O3S/c1-9(8-11-2)16(13,14)12-6-4-10(15-3)5-7-12/h9-11H,4-8H2,1-3H3. The summed E-state index contributed by atoms with van der Waals surface area (Å²) < 4.78 is 31.0. The number of methoxy groups -OCH3 is 1. The van der Waals surface area contributed by atoms with Crippen LogP contribution in [0.4, 0.5) is 0 Å². The highest BCUT2D eigenvalue weighted by Gasteiger charge is 2.31. The number of piperidine rings is 1. The number of rotatable bonds is 5. The van der Waals surface area contributed by atoms with Crippen LogP contribution >= 0.6 is 0 Å². The van der Waals surface area contributed by atoms with E-state index in [2.05, 4.69) is 5.32 Å². The van der Waals surface area contributed by atoms with E-state index in [-0.39, 0.29) is 11.4 Å². The minimum Gasteiger partial charge on any atom is -0.381 e. The van der Waals surface area contributed by atoms with Crippen LogP contribution in [-0.4, -0.2) is 57.9 Å². The molecule has 1 aliphatic rings. The maximum atomic E-state index is 12.1. The van der Waals surface area contributed by atoms with Crippen molar-refractivity contribution < 1.29 is 13.2 Å². The number of nitrogens with one attached hydrogen (secondary N) is 1. The van der Waals surface area contributed by atoms with Gasteiger partial charge in [-0.15, -0.1) is 0 Å². The van der Waals surface area contributed by atoms with Gasteiger partial charge in [-0.2, -0.15) is 0 Å². The summed E-state index contributed by atoms with van der Waals surface area (Å²) in [7, 11) is 0.306. The molecular weight excluding hydrogens is 228 g/mol. The minimum atomic E-state index is -3.14. The second-order valence-corrected chi connectivity index (χ2v) is 6.60. The molecule has 0 aromatic carbocycles. The molecule has 1 heterocycles. The Morgan fingerprint density at radius 3 is 2.44 bits per heavy atom. The maximum Gasteiger partial charge on any atom is 0.217 e. The summed E-state index contributed by atoms with van der Waals surface area (Å²) in [6, 6.07) is 0. The lowest BCUT2D eigenvalue weighted by molar-refractivity contribution is 0.0602. The van der Waals surface area contributed by atoms with Gasteiger partial charge in [-0.3, -0.25) is 0 Å². The van der Waals surface area contributed by atoms with E-state index in [9.17, 15) is 8.42 Å². The molecule has 1 saturated heterocycles. The Morgan fingerprint density at radius 2 is 2.00 bits per heavy atom. The molecular formula is C10H22N2O3S. The molecule has 0 bridgehead atoms. The highest BCUT2D eigenvalue weighted by Crippen LogP contribution is 2.18. The van der Waals surface area contributed by atoms with E-state index in [0.717, 1.165) is 12.8 Å². The van der Waals surface area contributed by atoms with Gasteiger partial charge in [0.15, 0.2) is 0 Å². The van der Waals surface area contributed by atoms with Gasteiger partial charge in [0, 0.05) is 26.7 Å². The molecule has 5 nitrogen and oxygen atoms in total. The Morgan fingerprint density at radius 1 is 1.44 bits per heavy atom. The zero-order chi connectivity index (χ0) is 12.2. The topological polar surface area (TPSA) is 58.6 Å². The molecule has 16 heavy (non-hydrogen) atoms. The molecule has 0 amide bonds. The molecule has 1 unspecified atom stereocenters. The predicted molar refractivity (Wildman–Crippen MR) is 63.9 cm³/mol. The first kappa shape index (κ1) is 13.9. The lowest BCUT2D eigenvalue weighted by Gasteiger charge is -2.32. The van der Waals surface area contributed by atoms with Gasteiger partial charge >= 0.3 is 0 Å². The average Bonchev–Trinajstić information content (AvgIpc) is 2.29. The molecule has 0 aliphatic carbocycles. The summed E-state index contributed by atoms with van der Waals surface area (Å²) in [5.74, 6) is 0. The molecule has 96 valence electrons. The zero-order valence-corrected chi connectivity index (χ0v) is 11.1. The van der Waals surface area contributed by atoms with Gasteiger partial charge < -0.3 is 10.1 Å². The van der Waals surface area contributed by atoms with Crippen LogP contribution in [0.3, 0.4) is 0 Å². The van der Waals surface area contributed by atoms with Crippen LogP contribution < -0.4 is 5.32 Å². The lowest BCUT2D eigenvalue weighted by Crippen LogP contribution is -2.46. The van der Waals surface area contributed by atoms with Crippen molar-refractivity contribution in [3.05, 3.63) is 0 Å². The molecule has 0 aromatic rings. The number of sulfonamides is 1. The van der Waals surface area contributed by atoms with Crippen molar-refractivity contribution in [1.29, 1.82) is 0 Å². The van der Waals surface area contributed by atoms with Crippen molar-refractivity contribution in [2.24, 2.45) is 0 Å². The van der Waals surface area contributed by atoms with Crippen molar-refractivity contribution >= 4 is 10.0 Å². The lowest BCUT2D eigenvalue weighted by atomic mass is 10.1. The molecule has 0 spiro atoms. The largest absolute Gasteiger partial charge is 0.381 e. The van der Waals surface area contributed by atoms with Crippen molar-refractivity contribution in [1.82, 2.24) is 9.62 Å². The van der Waals surface area contributed by atoms with Crippen LogP contribution in [-0.2, 0) is 14.8 Å². The van der Waals surface area contributed by atoms with Crippen LogP contribution in [0, 0.1) is 0 Å². The molecule has 1 rings (SSSR count). The molecule has 1 atom stereocenters. The first-order valence-corrected chi connectivity index (χ1v) is 7.19. The van der Waals surface area contributed by atoms with Gasteiger partial charge in [-0.05, 0) is 26.8 Å². The predicted octanol–water partition coefficient (Wildman–Crippen LogP) is 0.0349. The molecule has 0 aromatic heterocycles. The summed E-state index contributed by atoms with van der Waals surface area (Å²) in [6.45, 7) is 3.39. The van der Waals surface area contributed by atoms with Crippen LogP contribution in [0.1, 0.15) is 19.8 Å². The van der Waals surface area contributed by atoms with E-state index < -0.39 is 10.0 Å². The van der Waals surface area contributed by atoms with Gasteiger partial charge in [-0.1, -0.05) is 0 Å². The van der Waals surface area contributed by atoms with Gasteiger partial charge in [0.05, 0.1) is 11.4 Å². The highest BCUT2D eigenvalue weighted by atomic mass is 32.2. The molecule has 0 saturated carbocycles. The Hall–Kier alpha value is -0.170. The molecule has 1 aliphatic heterocycles. The third-order valence-corrected chi connectivity index (χ3v) is 5.36. The van der Waals surface area contributed by atoms with E-state index in [4.69, 9.17) is 4.74 Å². The normalized spacial score (nSPS) is 22.2. The van der Waals surface area contributed by atoms with Gasteiger partial charge in [0.25, 0.3) is 0 Å². The summed E-state index contributed by atoms with van der Waals surface area (Å²) in [5.41, 5.74) is 0. The van der Waals surface area contributed by atoms with Crippen molar-refractivity contribution in [2.75, 3.05) is 33.8 Å². The monoisotopic (exact) mass is 250 g/mol. The fourth-order valence-corrected chi connectivity index (χ4v) is 3.58. The third-order valence-electron chi connectivity index (χ3n) is 3.09. The highest BCUT2D eigenvalue weighted by molar-refractivity contribution is 7.89. The van der Waals surface area contributed by atoms with Gasteiger partial charge in [0.2, 0.25) is 10.0 Å². The summed E-state index contributed by atoms with van der Waals surface area (Å²) in [5, 5.41) is 2.54. The first-order valence-electron chi connectivity index (χ1n) is 5.68. The second kappa shape index (κ2) is 5.95. The van der Waals surface area contributed by atoms with E-state index in [1.165, 1.54) is 0 Å². The molecule has 6 heteroatoms. The summed E-state index contributed by atoms with van der Waals surface area (Å²) >= 11 is 0. The van der Waals surface area contributed by atoms with Gasteiger partial charge in [-0.25, -0.2) is 12.7 Å². The number of ether oxygens (including phenoxy) is 1. The van der Waals surface area contributed by atoms with Crippen molar-refractivity contribution in [3.8, 4) is 0 Å². The molecule has 1 N–H and O–H groups in total. The first-order chi connectivity index (χ1) is 7.52. The fraction of sp³-hybridized carbons (Fsp3) is 1.00. The number of hydrogen-bond acceptors (Lipinski definition) is 4. The smallest absolute Gasteiger partial charge is 0.217 e. The zero-order valence-electron chi connectivity index (χ0n) is 10.3. The number of nitrogens with zero attached hydrogens (tertiary/aromatic N) is 1. The molecule has 1 fully saturated rings. The van der Waals surface area contributed by atoms with Crippen molar-refractivity contribution in [3.63, 3.8) is 0 Å². The van der Waals surface area contributed by atoms with E-state index >= 15 is 0 Å². The van der Waals surface area contributed by atoms with E-state index in [0.29, 0.717) is 19.6 Å². The Labute approximate surface area is 98.2 Å². The Balaban J connectivity index is 2.58. The maximum absolute atomic E-state index is 12.1. The fourth-order valence-electron chi connectivity index (χ4n) is 1.97. The van der Waals surface area contributed by atoms with Crippen LogP contribution in [0.2, 0.25) is 0 Å². The van der Waals surface area contributed by atoms with Crippen LogP contribution in [0.15, 0.2) is 0 Å². The Bertz CT molecular complexity index is 297. The SMILES string of the molecule is CNCC(C)S(=O)(=O)N1CCC(OC)CC1. The average molecular weight is 250 g/mol. The summed E-state index contributed by atoms with van der Waals surface area (Å²) in [4.78, 5) is 0.